The summed E-state index contributed by atoms with van der Waals surface area (Å²) in [7, 11) is 0. The van der Waals surface area contributed by atoms with Crippen LogP contribution in [0.2, 0.25) is 0 Å². The zero-order valence-electron chi connectivity index (χ0n) is 15.9. The summed E-state index contributed by atoms with van der Waals surface area (Å²) in [5, 5.41) is 2.95. The number of likely N-dealkylation sites (tertiary alicyclic amines) is 1. The highest BCUT2D eigenvalue weighted by molar-refractivity contribution is 5.89. The lowest BCUT2D eigenvalue weighted by molar-refractivity contribution is -0.169. The predicted molar refractivity (Wildman–Crippen MR) is 104 cm³/mol. The molecule has 28 heavy (non-hydrogen) atoms. The fraction of sp³-hybridized carbons (Fsp3) is 0.450. The minimum atomic E-state index is -0.681. The summed E-state index contributed by atoms with van der Waals surface area (Å²) in [5.74, 6) is 0.328. The summed E-state index contributed by atoms with van der Waals surface area (Å²) in [6, 6.07) is 7.73. The molecule has 0 unspecified atom stereocenters. The number of hydrogen-bond acceptors (Lipinski definition) is 4. The molecule has 2 aliphatic rings. The van der Waals surface area contributed by atoms with Crippen molar-refractivity contribution in [2.45, 2.75) is 44.4 Å². The Bertz CT molecular complexity index is 868. The van der Waals surface area contributed by atoms with Crippen molar-refractivity contribution >= 4 is 17.6 Å². The van der Waals surface area contributed by atoms with Gasteiger partial charge in [0.05, 0.1) is 6.54 Å². The average Bonchev–Trinajstić information content (AvgIpc) is 3.19. The van der Waals surface area contributed by atoms with Crippen molar-refractivity contribution in [1.29, 1.82) is 0 Å². The molecule has 3 heterocycles. The van der Waals surface area contributed by atoms with Crippen molar-refractivity contribution in [2.24, 2.45) is 5.73 Å². The van der Waals surface area contributed by atoms with Crippen LogP contribution < -0.4 is 11.1 Å². The van der Waals surface area contributed by atoms with Crippen molar-refractivity contribution in [2.75, 3.05) is 18.4 Å². The maximum atomic E-state index is 12.6. The first kappa shape index (κ1) is 18.5. The SMILES string of the molecule is CCc1ccc(NC(=O)N2CCC3(CC2)O[C@@H](C(N)=O)Cn2ccnc23)cc1. The Labute approximate surface area is 163 Å². The third-order valence-electron chi connectivity index (χ3n) is 5.64. The van der Waals surface area contributed by atoms with Gasteiger partial charge in [-0.2, -0.15) is 0 Å². The maximum absolute atomic E-state index is 12.6. The van der Waals surface area contributed by atoms with E-state index >= 15 is 0 Å². The smallest absolute Gasteiger partial charge is 0.321 e. The molecule has 1 fully saturated rings. The Morgan fingerprint density at radius 2 is 2.00 bits per heavy atom. The lowest BCUT2D eigenvalue weighted by Gasteiger charge is -2.45. The second-order valence-electron chi connectivity index (χ2n) is 7.37. The van der Waals surface area contributed by atoms with Crippen molar-refractivity contribution in [3.05, 3.63) is 48.0 Å². The van der Waals surface area contributed by atoms with Gasteiger partial charge in [0.25, 0.3) is 0 Å². The number of aromatic nitrogens is 2. The number of anilines is 1. The molecule has 1 aromatic carbocycles. The molecular weight excluding hydrogens is 358 g/mol. The Hall–Kier alpha value is -2.87. The summed E-state index contributed by atoms with van der Waals surface area (Å²) in [6.45, 7) is 3.50. The van der Waals surface area contributed by atoms with E-state index in [4.69, 9.17) is 10.5 Å². The summed E-state index contributed by atoms with van der Waals surface area (Å²) in [5.41, 5.74) is 6.82. The van der Waals surface area contributed by atoms with Crippen LogP contribution in [0.1, 0.15) is 31.2 Å². The number of urea groups is 1. The number of carbonyl (C=O) groups is 2. The molecule has 1 aromatic heterocycles. The Morgan fingerprint density at radius 3 is 2.64 bits per heavy atom. The first-order chi connectivity index (χ1) is 13.5. The highest BCUT2D eigenvalue weighted by Gasteiger charge is 2.47. The molecule has 4 rings (SSSR count). The van der Waals surface area contributed by atoms with Crippen LogP contribution in [-0.2, 0) is 28.1 Å². The number of hydrogen-bond donors (Lipinski definition) is 2. The van der Waals surface area contributed by atoms with Gasteiger partial charge in [-0.05, 0) is 24.1 Å². The number of amides is 3. The van der Waals surface area contributed by atoms with Crippen LogP contribution in [0.3, 0.4) is 0 Å². The van der Waals surface area contributed by atoms with Gasteiger partial charge in [-0.25, -0.2) is 9.78 Å². The molecule has 2 aliphatic heterocycles. The number of piperidine rings is 1. The van der Waals surface area contributed by atoms with E-state index in [9.17, 15) is 9.59 Å². The van der Waals surface area contributed by atoms with E-state index in [2.05, 4.69) is 17.2 Å². The van der Waals surface area contributed by atoms with Crippen molar-refractivity contribution < 1.29 is 14.3 Å². The zero-order chi connectivity index (χ0) is 19.7. The molecule has 148 valence electrons. The van der Waals surface area contributed by atoms with E-state index in [1.807, 2.05) is 35.0 Å². The molecule has 1 saturated heterocycles. The maximum Gasteiger partial charge on any atom is 0.321 e. The predicted octanol–water partition coefficient (Wildman–Crippen LogP) is 1.85. The Kier molecular flexibility index (Phi) is 4.80. The van der Waals surface area contributed by atoms with Gasteiger partial charge in [0.15, 0.2) is 6.10 Å². The highest BCUT2D eigenvalue weighted by Crippen LogP contribution is 2.40. The van der Waals surface area contributed by atoms with Gasteiger partial charge in [0, 0.05) is 44.0 Å². The van der Waals surface area contributed by atoms with Gasteiger partial charge in [0.2, 0.25) is 5.91 Å². The Morgan fingerprint density at radius 1 is 1.29 bits per heavy atom. The third kappa shape index (κ3) is 3.35. The van der Waals surface area contributed by atoms with E-state index in [0.717, 1.165) is 17.9 Å². The molecule has 1 spiro atoms. The van der Waals surface area contributed by atoms with Crippen LogP contribution in [-0.4, -0.2) is 45.6 Å². The first-order valence-electron chi connectivity index (χ1n) is 9.64. The number of fused-ring (bicyclic) bond motifs is 2. The van der Waals surface area contributed by atoms with Gasteiger partial charge in [0.1, 0.15) is 11.4 Å². The minimum Gasteiger partial charge on any atom is -0.367 e. The number of aryl methyl sites for hydroxylation is 1. The molecule has 0 bridgehead atoms. The van der Waals surface area contributed by atoms with E-state index in [-0.39, 0.29) is 6.03 Å². The van der Waals surface area contributed by atoms with E-state index in [1.54, 1.807) is 11.1 Å². The number of nitrogens with zero attached hydrogens (tertiary/aromatic N) is 3. The third-order valence-corrected chi connectivity index (χ3v) is 5.64. The van der Waals surface area contributed by atoms with Gasteiger partial charge in [-0.3, -0.25) is 4.79 Å². The standard InChI is InChI=1S/C20H25N5O3/c1-2-14-3-5-15(6-4-14)23-19(27)24-10-7-20(8-11-24)18-22-9-12-25(18)13-16(28-20)17(21)26/h3-6,9,12,16H,2,7-8,10-11,13H2,1H3,(H2,21,26)(H,23,27)/t16-/m1/s1. The number of carbonyl (C=O) groups excluding carboxylic acids is 2. The second kappa shape index (κ2) is 7.27. The summed E-state index contributed by atoms with van der Waals surface area (Å²) >= 11 is 0. The lowest BCUT2D eigenvalue weighted by atomic mass is 9.88. The highest BCUT2D eigenvalue weighted by atomic mass is 16.5. The molecule has 0 saturated carbocycles. The number of imidazole rings is 1. The molecule has 8 nitrogen and oxygen atoms in total. The minimum absolute atomic E-state index is 0.135. The number of ether oxygens (including phenoxy) is 1. The normalized spacial score (nSPS) is 20.6. The molecule has 8 heteroatoms. The van der Waals surface area contributed by atoms with Gasteiger partial charge < -0.3 is 25.3 Å². The second-order valence-corrected chi connectivity index (χ2v) is 7.37. The van der Waals surface area contributed by atoms with Crippen LogP contribution in [0.25, 0.3) is 0 Å². The van der Waals surface area contributed by atoms with E-state index in [1.165, 1.54) is 5.56 Å². The van der Waals surface area contributed by atoms with Gasteiger partial charge in [-0.1, -0.05) is 19.1 Å². The van der Waals surface area contributed by atoms with Gasteiger partial charge in [-0.15, -0.1) is 0 Å². The zero-order valence-corrected chi connectivity index (χ0v) is 15.9. The largest absolute Gasteiger partial charge is 0.367 e. The number of nitrogens with one attached hydrogen (secondary N) is 1. The molecule has 0 radical (unpaired) electrons. The number of benzene rings is 1. The van der Waals surface area contributed by atoms with E-state index in [0.29, 0.717) is 32.5 Å². The molecule has 2 aromatic rings. The topological polar surface area (TPSA) is 102 Å². The summed E-state index contributed by atoms with van der Waals surface area (Å²) in [6.07, 6.45) is 4.97. The average molecular weight is 383 g/mol. The van der Waals surface area contributed by atoms with Crippen LogP contribution in [0, 0.1) is 0 Å². The number of rotatable bonds is 3. The monoisotopic (exact) mass is 383 g/mol. The molecule has 1 atom stereocenters. The summed E-state index contributed by atoms with van der Waals surface area (Å²) < 4.78 is 8.05. The quantitative estimate of drug-likeness (QED) is 0.844. The van der Waals surface area contributed by atoms with Gasteiger partial charge >= 0.3 is 6.03 Å². The fourth-order valence-corrected chi connectivity index (χ4v) is 3.98. The Balaban J connectivity index is 1.43. The van der Waals surface area contributed by atoms with Crippen molar-refractivity contribution in [1.82, 2.24) is 14.5 Å². The number of primary amides is 1. The lowest BCUT2D eigenvalue weighted by Crippen LogP contribution is -2.54. The first-order valence-corrected chi connectivity index (χ1v) is 9.64. The fourth-order valence-electron chi connectivity index (χ4n) is 3.98. The van der Waals surface area contributed by atoms with E-state index < -0.39 is 17.6 Å². The van der Waals surface area contributed by atoms with Crippen molar-refractivity contribution in [3.8, 4) is 0 Å². The molecule has 3 N–H and O–H groups in total. The van der Waals surface area contributed by atoms with Crippen LogP contribution >= 0.6 is 0 Å². The molecular formula is C20H25N5O3. The van der Waals surface area contributed by atoms with Crippen molar-refractivity contribution in [3.63, 3.8) is 0 Å². The van der Waals surface area contributed by atoms with Crippen LogP contribution in [0.15, 0.2) is 36.7 Å². The van der Waals surface area contributed by atoms with Crippen LogP contribution in [0.4, 0.5) is 10.5 Å². The van der Waals surface area contributed by atoms with Crippen LogP contribution in [0.5, 0.6) is 0 Å². The molecule has 3 amide bonds. The summed E-state index contributed by atoms with van der Waals surface area (Å²) in [4.78, 5) is 30.6. The number of nitrogens with two attached hydrogens (primary N) is 1. The molecule has 0 aliphatic carbocycles.